The Morgan fingerprint density at radius 3 is 2.83 bits per heavy atom. The van der Waals surface area contributed by atoms with Gasteiger partial charge in [-0.3, -0.25) is 4.90 Å². The molecule has 1 heterocycles. The smallest absolute Gasteiger partial charge is 0.109 e. The monoisotopic (exact) mass is 167 g/mol. The quantitative estimate of drug-likeness (QED) is 0.675. The molecule has 0 aliphatic carbocycles. The summed E-state index contributed by atoms with van der Waals surface area (Å²) in [6.45, 7) is 3.10. The minimum atomic E-state index is 0.926. The Morgan fingerprint density at radius 2 is 2.25 bits per heavy atom. The zero-order valence-electron chi connectivity index (χ0n) is 8.12. The third-order valence-corrected chi connectivity index (χ3v) is 1.71. The first-order valence-corrected chi connectivity index (χ1v) is 4.38. The van der Waals surface area contributed by atoms with E-state index in [0.29, 0.717) is 0 Å². The summed E-state index contributed by atoms with van der Waals surface area (Å²) >= 11 is 0. The number of imidazole rings is 1. The Balaban J connectivity index is 2.63. The first-order chi connectivity index (χ1) is 5.74. The summed E-state index contributed by atoms with van der Waals surface area (Å²) in [7, 11) is 4.13. The van der Waals surface area contributed by atoms with Crippen LogP contribution in [0.4, 0.5) is 0 Å². The van der Waals surface area contributed by atoms with Crippen LogP contribution in [-0.2, 0) is 13.1 Å². The zero-order valence-corrected chi connectivity index (χ0v) is 8.12. The summed E-state index contributed by atoms with van der Waals surface area (Å²) in [6, 6.07) is 0. The summed E-state index contributed by atoms with van der Waals surface area (Å²) in [4.78, 5) is 6.44. The first-order valence-electron chi connectivity index (χ1n) is 4.38. The van der Waals surface area contributed by atoms with Gasteiger partial charge in [0.15, 0.2) is 0 Å². The number of hydrogen-bond donors (Lipinski definition) is 0. The predicted octanol–water partition coefficient (Wildman–Crippen LogP) is 1.35. The lowest BCUT2D eigenvalue weighted by atomic mass is 10.3. The van der Waals surface area contributed by atoms with Crippen molar-refractivity contribution in [3.63, 3.8) is 0 Å². The topological polar surface area (TPSA) is 21.1 Å². The molecule has 0 N–H and O–H groups in total. The van der Waals surface area contributed by atoms with E-state index in [0.717, 1.165) is 19.5 Å². The van der Waals surface area contributed by atoms with Crippen molar-refractivity contribution in [3.8, 4) is 0 Å². The maximum absolute atomic E-state index is 4.30. The van der Waals surface area contributed by atoms with E-state index in [4.69, 9.17) is 0 Å². The van der Waals surface area contributed by atoms with Gasteiger partial charge < -0.3 is 4.57 Å². The van der Waals surface area contributed by atoms with Gasteiger partial charge in [-0.1, -0.05) is 6.92 Å². The van der Waals surface area contributed by atoms with Crippen molar-refractivity contribution in [1.29, 1.82) is 0 Å². The fourth-order valence-corrected chi connectivity index (χ4v) is 1.23. The third kappa shape index (κ3) is 2.34. The highest BCUT2D eigenvalue weighted by Gasteiger charge is 2.00. The van der Waals surface area contributed by atoms with Crippen molar-refractivity contribution in [2.45, 2.75) is 26.4 Å². The molecule has 0 radical (unpaired) electrons. The molecule has 0 atom stereocenters. The zero-order chi connectivity index (χ0) is 8.97. The molecule has 3 nitrogen and oxygen atoms in total. The van der Waals surface area contributed by atoms with Crippen LogP contribution in [0.25, 0.3) is 0 Å². The molecule has 0 amide bonds. The van der Waals surface area contributed by atoms with Gasteiger partial charge in [0, 0.05) is 18.8 Å². The fraction of sp³-hybridized carbons (Fsp3) is 0.667. The van der Waals surface area contributed by atoms with Crippen molar-refractivity contribution in [3.05, 3.63) is 18.2 Å². The maximum Gasteiger partial charge on any atom is 0.109 e. The van der Waals surface area contributed by atoms with Gasteiger partial charge in [0.1, 0.15) is 5.82 Å². The highest BCUT2D eigenvalue weighted by molar-refractivity contribution is 4.91. The van der Waals surface area contributed by atoms with Crippen LogP contribution in [0.3, 0.4) is 0 Å². The molecule has 3 heteroatoms. The average Bonchev–Trinajstić information content (AvgIpc) is 2.37. The minimum absolute atomic E-state index is 0.926. The Morgan fingerprint density at radius 1 is 1.50 bits per heavy atom. The number of rotatable bonds is 4. The second-order valence-corrected chi connectivity index (χ2v) is 3.28. The number of hydrogen-bond acceptors (Lipinski definition) is 2. The lowest BCUT2D eigenvalue weighted by molar-refractivity contribution is 0.320. The van der Waals surface area contributed by atoms with E-state index >= 15 is 0 Å². The van der Waals surface area contributed by atoms with Crippen LogP contribution in [0, 0.1) is 0 Å². The van der Waals surface area contributed by atoms with Gasteiger partial charge in [-0.05, 0) is 20.5 Å². The van der Waals surface area contributed by atoms with E-state index in [-0.39, 0.29) is 0 Å². The van der Waals surface area contributed by atoms with E-state index in [1.54, 1.807) is 0 Å². The number of aryl methyl sites for hydroxylation is 1. The highest BCUT2D eigenvalue weighted by atomic mass is 15.2. The second-order valence-electron chi connectivity index (χ2n) is 3.28. The van der Waals surface area contributed by atoms with E-state index < -0.39 is 0 Å². The summed E-state index contributed by atoms with van der Waals surface area (Å²) in [5.41, 5.74) is 0. The molecule has 12 heavy (non-hydrogen) atoms. The SMILES string of the molecule is CCCc1nccn1CN(C)C. The normalized spacial score (nSPS) is 11.0. The molecule has 0 unspecified atom stereocenters. The van der Waals surface area contributed by atoms with E-state index in [1.807, 2.05) is 12.4 Å². The molecule has 68 valence electrons. The number of nitrogens with zero attached hydrogens (tertiary/aromatic N) is 3. The second kappa shape index (κ2) is 4.26. The van der Waals surface area contributed by atoms with Gasteiger partial charge in [0.05, 0.1) is 6.67 Å². The van der Waals surface area contributed by atoms with Crippen LogP contribution >= 0.6 is 0 Å². The largest absolute Gasteiger partial charge is 0.321 e. The molecule has 1 aromatic heterocycles. The number of aromatic nitrogens is 2. The first kappa shape index (κ1) is 9.26. The molecule has 0 fully saturated rings. The minimum Gasteiger partial charge on any atom is -0.321 e. The predicted molar refractivity (Wildman–Crippen MR) is 49.9 cm³/mol. The molecule has 0 aliphatic heterocycles. The molecular formula is C9H17N3. The summed E-state index contributed by atoms with van der Waals surface area (Å²) in [6.07, 6.45) is 6.13. The lowest BCUT2D eigenvalue weighted by Gasteiger charge is -2.12. The van der Waals surface area contributed by atoms with Crippen molar-refractivity contribution >= 4 is 0 Å². The van der Waals surface area contributed by atoms with E-state index in [1.165, 1.54) is 5.82 Å². The van der Waals surface area contributed by atoms with Crippen LogP contribution < -0.4 is 0 Å². The molecular weight excluding hydrogens is 150 g/mol. The van der Waals surface area contributed by atoms with E-state index in [2.05, 4.69) is 35.5 Å². The van der Waals surface area contributed by atoms with Crippen LogP contribution in [-0.4, -0.2) is 28.5 Å². The molecule has 0 spiro atoms. The molecule has 1 aromatic rings. The van der Waals surface area contributed by atoms with Gasteiger partial charge in [0.2, 0.25) is 0 Å². The summed E-state index contributed by atoms with van der Waals surface area (Å²) in [5, 5.41) is 0. The summed E-state index contributed by atoms with van der Waals surface area (Å²) < 4.78 is 2.18. The van der Waals surface area contributed by atoms with Crippen LogP contribution in [0.1, 0.15) is 19.2 Å². The van der Waals surface area contributed by atoms with Crippen LogP contribution in [0.2, 0.25) is 0 Å². The Hall–Kier alpha value is -0.830. The Kier molecular flexibility index (Phi) is 3.29. The molecule has 0 bridgehead atoms. The molecule has 0 aliphatic rings. The van der Waals surface area contributed by atoms with Gasteiger partial charge in [0.25, 0.3) is 0 Å². The summed E-state index contributed by atoms with van der Waals surface area (Å²) in [5.74, 6) is 1.19. The van der Waals surface area contributed by atoms with Gasteiger partial charge in [-0.25, -0.2) is 4.98 Å². The Bertz CT molecular complexity index is 227. The van der Waals surface area contributed by atoms with Gasteiger partial charge in [-0.15, -0.1) is 0 Å². The maximum atomic E-state index is 4.30. The molecule has 0 aromatic carbocycles. The molecule has 0 saturated heterocycles. The fourth-order valence-electron chi connectivity index (χ4n) is 1.23. The average molecular weight is 167 g/mol. The Labute approximate surface area is 74.0 Å². The van der Waals surface area contributed by atoms with Gasteiger partial charge in [-0.2, -0.15) is 0 Å². The van der Waals surface area contributed by atoms with Crippen molar-refractivity contribution in [2.24, 2.45) is 0 Å². The lowest BCUT2D eigenvalue weighted by Crippen LogP contribution is -2.18. The van der Waals surface area contributed by atoms with E-state index in [9.17, 15) is 0 Å². The van der Waals surface area contributed by atoms with Crippen molar-refractivity contribution < 1.29 is 0 Å². The third-order valence-electron chi connectivity index (χ3n) is 1.71. The van der Waals surface area contributed by atoms with Crippen molar-refractivity contribution in [1.82, 2.24) is 14.5 Å². The van der Waals surface area contributed by atoms with Crippen LogP contribution in [0.5, 0.6) is 0 Å². The standard InChI is InChI=1S/C9H17N3/c1-4-5-9-10-6-7-12(9)8-11(2)3/h6-7H,4-5,8H2,1-3H3. The van der Waals surface area contributed by atoms with Gasteiger partial charge >= 0.3 is 0 Å². The molecule has 1 rings (SSSR count). The van der Waals surface area contributed by atoms with Crippen molar-refractivity contribution in [2.75, 3.05) is 14.1 Å². The van der Waals surface area contributed by atoms with Crippen LogP contribution in [0.15, 0.2) is 12.4 Å². The highest BCUT2D eigenvalue weighted by Crippen LogP contribution is 2.01. The molecule has 0 saturated carbocycles.